The maximum Gasteiger partial charge on any atom is 0.101 e. The molecule has 0 aliphatic heterocycles. The second-order valence-corrected chi connectivity index (χ2v) is 3.75. The quantitative estimate of drug-likeness (QED) is 0.626. The minimum atomic E-state index is -0.578. The van der Waals surface area contributed by atoms with Crippen molar-refractivity contribution in [2.24, 2.45) is 0 Å². The predicted molar refractivity (Wildman–Crippen MR) is 48.3 cm³/mol. The van der Waals surface area contributed by atoms with Gasteiger partial charge in [-0.1, -0.05) is 23.7 Å². The first-order valence-corrected chi connectivity index (χ1v) is 4.53. The lowest BCUT2D eigenvalue weighted by Gasteiger charge is -2.29. The lowest BCUT2D eigenvalue weighted by molar-refractivity contribution is 0.179. The van der Waals surface area contributed by atoms with Gasteiger partial charge in [0.05, 0.1) is 0 Å². The van der Waals surface area contributed by atoms with Crippen LogP contribution in [0.3, 0.4) is 0 Å². The van der Waals surface area contributed by atoms with Crippen LogP contribution in [0.2, 0.25) is 5.02 Å². The van der Waals surface area contributed by atoms with Crippen LogP contribution in [0, 0.1) is 0 Å². The van der Waals surface area contributed by atoms with Crippen LogP contribution < -0.4 is 0 Å². The Morgan fingerprint density at radius 2 is 1.75 bits per heavy atom. The van der Waals surface area contributed by atoms with Gasteiger partial charge in [-0.05, 0) is 36.5 Å². The Morgan fingerprint density at radius 1 is 1.17 bits per heavy atom. The van der Waals surface area contributed by atoms with Gasteiger partial charge in [0.15, 0.2) is 0 Å². The summed E-state index contributed by atoms with van der Waals surface area (Å²) in [5, 5.41) is 0.745. The van der Waals surface area contributed by atoms with Crippen LogP contribution in [-0.2, 0) is 0 Å². The van der Waals surface area contributed by atoms with E-state index in [0.29, 0.717) is 18.8 Å². The molecule has 1 aliphatic rings. The largest absolute Gasteiger partial charge is 0.247 e. The first-order valence-electron chi connectivity index (χ1n) is 4.15. The molecular weight excluding hydrogens is 175 g/mol. The predicted octanol–water partition coefficient (Wildman–Crippen LogP) is 3.56. The molecule has 1 saturated carbocycles. The molecule has 1 aromatic carbocycles. The first kappa shape index (κ1) is 8.06. The van der Waals surface area contributed by atoms with Crippen molar-refractivity contribution in [2.75, 3.05) is 0 Å². The van der Waals surface area contributed by atoms with Gasteiger partial charge in [-0.15, -0.1) is 0 Å². The molecule has 0 bridgehead atoms. The van der Waals surface area contributed by atoms with Gasteiger partial charge < -0.3 is 0 Å². The summed E-state index contributed by atoms with van der Waals surface area (Å²) >= 11 is 5.73. The van der Waals surface area contributed by atoms with Gasteiger partial charge >= 0.3 is 0 Å². The fraction of sp³-hybridized carbons (Fsp3) is 0.400. The van der Waals surface area contributed by atoms with Crippen LogP contribution in [0.1, 0.15) is 24.3 Å². The van der Waals surface area contributed by atoms with Crippen molar-refractivity contribution < 1.29 is 4.39 Å². The summed E-state index contributed by atoms with van der Waals surface area (Å²) in [4.78, 5) is 0. The first-order chi connectivity index (χ1) is 5.75. The van der Waals surface area contributed by atoms with Gasteiger partial charge in [0.1, 0.15) is 6.17 Å². The monoisotopic (exact) mass is 184 g/mol. The Kier molecular flexibility index (Phi) is 2.05. The number of hydrogen-bond acceptors (Lipinski definition) is 0. The van der Waals surface area contributed by atoms with E-state index in [-0.39, 0.29) is 0 Å². The molecule has 1 aliphatic carbocycles. The molecule has 0 N–H and O–H groups in total. The van der Waals surface area contributed by atoms with Gasteiger partial charge in [0, 0.05) is 5.02 Å². The van der Waals surface area contributed by atoms with E-state index < -0.39 is 6.17 Å². The van der Waals surface area contributed by atoms with Gasteiger partial charge in [0.2, 0.25) is 0 Å². The van der Waals surface area contributed by atoms with Crippen molar-refractivity contribution in [1.82, 2.24) is 0 Å². The molecule has 0 radical (unpaired) electrons. The van der Waals surface area contributed by atoms with E-state index in [2.05, 4.69) is 0 Å². The average molecular weight is 185 g/mol. The summed E-state index contributed by atoms with van der Waals surface area (Å²) < 4.78 is 12.5. The molecule has 2 rings (SSSR count). The number of alkyl halides is 1. The smallest absolute Gasteiger partial charge is 0.101 e. The van der Waals surface area contributed by atoms with E-state index in [9.17, 15) is 4.39 Å². The topological polar surface area (TPSA) is 0 Å². The normalized spacial score (nSPS) is 28.2. The van der Waals surface area contributed by atoms with Gasteiger partial charge in [-0.2, -0.15) is 0 Å². The second kappa shape index (κ2) is 3.06. The Hall–Kier alpha value is -0.560. The summed E-state index contributed by atoms with van der Waals surface area (Å²) in [6.45, 7) is 0. The molecule has 0 aromatic heterocycles. The lowest BCUT2D eigenvalue weighted by atomic mass is 9.78. The van der Waals surface area contributed by atoms with Crippen LogP contribution in [0.5, 0.6) is 0 Å². The van der Waals surface area contributed by atoms with Crippen LogP contribution in [-0.4, -0.2) is 6.17 Å². The Balaban J connectivity index is 2.09. The van der Waals surface area contributed by atoms with Crippen LogP contribution in [0.25, 0.3) is 0 Å². The number of benzene rings is 1. The fourth-order valence-corrected chi connectivity index (χ4v) is 1.68. The van der Waals surface area contributed by atoms with Crippen molar-refractivity contribution >= 4 is 11.6 Å². The Labute approximate surface area is 76.4 Å². The van der Waals surface area contributed by atoms with E-state index in [0.717, 1.165) is 5.02 Å². The third-order valence-corrected chi connectivity index (χ3v) is 2.67. The molecule has 64 valence electrons. The lowest BCUT2D eigenvalue weighted by Crippen LogP contribution is -2.22. The molecule has 0 atom stereocenters. The van der Waals surface area contributed by atoms with Crippen LogP contribution in [0.4, 0.5) is 4.39 Å². The van der Waals surface area contributed by atoms with E-state index in [1.165, 1.54) is 5.56 Å². The highest BCUT2D eigenvalue weighted by Gasteiger charge is 2.29. The maximum absolute atomic E-state index is 12.5. The summed E-state index contributed by atoms with van der Waals surface area (Å²) in [5.41, 5.74) is 1.22. The van der Waals surface area contributed by atoms with E-state index in [1.807, 2.05) is 24.3 Å². The molecule has 0 amide bonds. The third kappa shape index (κ3) is 1.46. The Bertz CT molecular complexity index is 262. The van der Waals surface area contributed by atoms with Gasteiger partial charge in [-0.25, -0.2) is 4.39 Å². The zero-order valence-corrected chi connectivity index (χ0v) is 7.39. The van der Waals surface area contributed by atoms with Crippen molar-refractivity contribution in [3.05, 3.63) is 34.9 Å². The molecule has 0 heterocycles. The molecule has 1 aromatic rings. The van der Waals surface area contributed by atoms with E-state index in [1.54, 1.807) is 0 Å². The van der Waals surface area contributed by atoms with Crippen LogP contribution >= 0.6 is 11.6 Å². The summed E-state index contributed by atoms with van der Waals surface area (Å²) in [6.07, 6.45) is 0.786. The van der Waals surface area contributed by atoms with Crippen molar-refractivity contribution in [1.29, 1.82) is 0 Å². The van der Waals surface area contributed by atoms with Crippen molar-refractivity contribution in [3.8, 4) is 0 Å². The van der Waals surface area contributed by atoms with E-state index in [4.69, 9.17) is 11.6 Å². The third-order valence-electron chi connectivity index (χ3n) is 2.42. The molecule has 0 spiro atoms. The summed E-state index contributed by atoms with van der Waals surface area (Å²) in [7, 11) is 0. The molecule has 12 heavy (non-hydrogen) atoms. The summed E-state index contributed by atoms with van der Waals surface area (Å²) in [5.74, 6) is 0.428. The number of rotatable bonds is 1. The minimum Gasteiger partial charge on any atom is -0.247 e. The van der Waals surface area contributed by atoms with Crippen molar-refractivity contribution in [3.63, 3.8) is 0 Å². The highest BCUT2D eigenvalue weighted by atomic mass is 35.5. The standard InChI is InChI=1S/C10H10ClF/c11-9-3-1-7(2-4-9)8-5-10(12)6-8/h1-4,8,10H,5-6H2/t8-,10+. The SMILES string of the molecule is F[C@H]1C[C@@H](c2ccc(Cl)cc2)C1. The van der Waals surface area contributed by atoms with Crippen molar-refractivity contribution in [2.45, 2.75) is 24.9 Å². The summed E-state index contributed by atoms with van der Waals surface area (Å²) in [6, 6.07) is 7.70. The number of halogens is 2. The maximum atomic E-state index is 12.5. The molecular formula is C10H10ClF. The highest BCUT2D eigenvalue weighted by Crippen LogP contribution is 2.38. The highest BCUT2D eigenvalue weighted by molar-refractivity contribution is 6.30. The molecule has 0 nitrogen and oxygen atoms in total. The van der Waals surface area contributed by atoms with Gasteiger partial charge in [0.25, 0.3) is 0 Å². The van der Waals surface area contributed by atoms with Gasteiger partial charge in [-0.3, -0.25) is 0 Å². The Morgan fingerprint density at radius 3 is 2.25 bits per heavy atom. The zero-order valence-electron chi connectivity index (χ0n) is 6.63. The molecule has 1 fully saturated rings. The minimum absolute atomic E-state index is 0.428. The molecule has 0 saturated heterocycles. The average Bonchev–Trinajstić information content (AvgIpc) is 2.01. The number of hydrogen-bond donors (Lipinski definition) is 0. The molecule has 0 unspecified atom stereocenters. The zero-order chi connectivity index (χ0) is 8.55. The second-order valence-electron chi connectivity index (χ2n) is 3.32. The van der Waals surface area contributed by atoms with Crippen LogP contribution in [0.15, 0.2) is 24.3 Å². The van der Waals surface area contributed by atoms with E-state index >= 15 is 0 Å². The fourth-order valence-electron chi connectivity index (χ4n) is 1.56. The molecule has 2 heteroatoms.